The van der Waals surface area contributed by atoms with Crippen LogP contribution in [0.4, 0.5) is 8.78 Å². The minimum atomic E-state index is -1.90. The van der Waals surface area contributed by atoms with E-state index in [0.29, 0.717) is 0 Å². The number of carboxylic acid groups (broad SMARTS) is 1. The zero-order valence-electron chi connectivity index (χ0n) is 7.42. The summed E-state index contributed by atoms with van der Waals surface area (Å²) in [4.78, 5) is 10.1. The first-order valence-electron chi connectivity index (χ1n) is 3.88. The van der Waals surface area contributed by atoms with E-state index in [9.17, 15) is 13.6 Å². The molecule has 0 radical (unpaired) electrons. The number of hydrogen-bond acceptors (Lipinski definition) is 1. The molecular formula is C10H8F2O2. The van der Waals surface area contributed by atoms with Crippen molar-refractivity contribution >= 4 is 11.8 Å². The van der Waals surface area contributed by atoms with E-state index in [0.717, 1.165) is 5.56 Å². The molecule has 0 aromatic heterocycles. The minimum Gasteiger partial charge on any atom is -0.476 e. The zero-order valence-corrected chi connectivity index (χ0v) is 7.42. The van der Waals surface area contributed by atoms with Gasteiger partial charge in [-0.15, -0.1) is 0 Å². The maximum atomic E-state index is 13.0. The fourth-order valence-electron chi connectivity index (χ4n) is 0.920. The number of halogens is 2. The Morgan fingerprint density at radius 3 is 2.14 bits per heavy atom. The van der Waals surface area contributed by atoms with Crippen LogP contribution in [0, 0.1) is 6.92 Å². The SMILES string of the molecule is Cc1ccc(/C(F)=C(/F)C(=O)O)cc1. The Labute approximate surface area is 79.5 Å². The number of carbonyl (C=O) groups is 1. The van der Waals surface area contributed by atoms with Crippen LogP contribution in [0.15, 0.2) is 30.1 Å². The van der Waals surface area contributed by atoms with Crippen LogP contribution >= 0.6 is 0 Å². The molecule has 0 unspecified atom stereocenters. The fourth-order valence-corrected chi connectivity index (χ4v) is 0.920. The molecular weight excluding hydrogens is 190 g/mol. The lowest BCUT2D eigenvalue weighted by molar-refractivity contribution is -0.134. The molecule has 0 heterocycles. The average molecular weight is 198 g/mol. The summed E-state index contributed by atoms with van der Waals surface area (Å²) in [6.45, 7) is 1.79. The highest BCUT2D eigenvalue weighted by Crippen LogP contribution is 2.21. The van der Waals surface area contributed by atoms with Gasteiger partial charge in [0, 0.05) is 5.56 Å². The first-order chi connectivity index (χ1) is 6.52. The Bertz CT molecular complexity index is 380. The summed E-state index contributed by atoms with van der Waals surface area (Å²) in [5.74, 6) is -5.02. The van der Waals surface area contributed by atoms with Crippen molar-refractivity contribution in [2.45, 2.75) is 6.92 Å². The van der Waals surface area contributed by atoms with Crippen LogP contribution in [0.5, 0.6) is 0 Å². The topological polar surface area (TPSA) is 37.3 Å². The maximum absolute atomic E-state index is 13.0. The third-order valence-corrected chi connectivity index (χ3v) is 1.69. The molecule has 4 heteroatoms. The molecule has 0 saturated heterocycles. The van der Waals surface area contributed by atoms with Gasteiger partial charge in [-0.3, -0.25) is 0 Å². The molecule has 0 amide bonds. The summed E-state index contributed by atoms with van der Waals surface area (Å²) < 4.78 is 25.6. The molecule has 1 rings (SSSR count). The standard InChI is InChI=1S/C10H8F2O2/c1-6-2-4-7(5-3-6)8(11)9(12)10(13)14/h2-5H,1H3,(H,13,14)/b9-8-. The molecule has 0 fully saturated rings. The van der Waals surface area contributed by atoms with E-state index in [2.05, 4.69) is 0 Å². The molecule has 74 valence electrons. The summed E-state index contributed by atoms with van der Waals surface area (Å²) in [6, 6.07) is 5.80. The summed E-state index contributed by atoms with van der Waals surface area (Å²) in [7, 11) is 0. The van der Waals surface area contributed by atoms with Crippen molar-refractivity contribution < 1.29 is 18.7 Å². The van der Waals surface area contributed by atoms with Crippen LogP contribution in [0.1, 0.15) is 11.1 Å². The van der Waals surface area contributed by atoms with Crippen LogP contribution in [-0.2, 0) is 4.79 Å². The largest absolute Gasteiger partial charge is 0.476 e. The van der Waals surface area contributed by atoms with Gasteiger partial charge in [-0.05, 0) is 6.92 Å². The predicted molar refractivity (Wildman–Crippen MR) is 48.0 cm³/mol. The van der Waals surface area contributed by atoms with Gasteiger partial charge in [-0.2, -0.15) is 4.39 Å². The lowest BCUT2D eigenvalue weighted by Gasteiger charge is -1.98. The smallest absolute Gasteiger partial charge is 0.367 e. The molecule has 0 aliphatic heterocycles. The molecule has 0 aliphatic carbocycles. The molecule has 1 aromatic rings. The lowest BCUT2D eigenvalue weighted by atomic mass is 10.1. The van der Waals surface area contributed by atoms with Gasteiger partial charge in [0.2, 0.25) is 5.83 Å². The normalized spacial score (nSPS) is 12.2. The van der Waals surface area contributed by atoms with Crippen molar-refractivity contribution in [2.24, 2.45) is 0 Å². The number of carboxylic acids is 1. The van der Waals surface area contributed by atoms with Crippen molar-refractivity contribution in [3.8, 4) is 0 Å². The summed E-state index contributed by atoms with van der Waals surface area (Å²) in [5.41, 5.74) is 0.813. The second kappa shape index (κ2) is 4.00. The zero-order chi connectivity index (χ0) is 10.7. The molecule has 2 nitrogen and oxygen atoms in total. The molecule has 1 N–H and O–H groups in total. The predicted octanol–water partition coefficient (Wildman–Crippen LogP) is 2.69. The number of hydrogen-bond donors (Lipinski definition) is 1. The molecule has 1 aromatic carbocycles. The number of benzene rings is 1. The molecule has 0 spiro atoms. The van der Waals surface area contributed by atoms with E-state index in [4.69, 9.17) is 5.11 Å². The Balaban J connectivity index is 3.12. The summed E-state index contributed by atoms with van der Waals surface area (Å²) in [5, 5.41) is 8.20. The highest BCUT2D eigenvalue weighted by Gasteiger charge is 2.15. The minimum absolute atomic E-state index is 0.0736. The van der Waals surface area contributed by atoms with Gasteiger partial charge in [-0.25, -0.2) is 9.18 Å². The maximum Gasteiger partial charge on any atom is 0.367 e. The van der Waals surface area contributed by atoms with Crippen LogP contribution in [0.25, 0.3) is 5.83 Å². The van der Waals surface area contributed by atoms with Gasteiger partial charge in [0.25, 0.3) is 0 Å². The average Bonchev–Trinajstić information content (AvgIpc) is 2.16. The highest BCUT2D eigenvalue weighted by molar-refractivity contribution is 5.92. The van der Waals surface area contributed by atoms with E-state index < -0.39 is 17.6 Å². The Morgan fingerprint density at radius 2 is 1.71 bits per heavy atom. The van der Waals surface area contributed by atoms with Crippen LogP contribution in [0.3, 0.4) is 0 Å². The van der Waals surface area contributed by atoms with Crippen molar-refractivity contribution in [1.82, 2.24) is 0 Å². The summed E-state index contributed by atoms with van der Waals surface area (Å²) >= 11 is 0. The first kappa shape index (κ1) is 10.4. The molecule has 14 heavy (non-hydrogen) atoms. The molecule has 0 atom stereocenters. The Morgan fingerprint density at radius 1 is 1.21 bits per heavy atom. The second-order valence-corrected chi connectivity index (χ2v) is 2.80. The monoisotopic (exact) mass is 198 g/mol. The van der Waals surface area contributed by atoms with Crippen molar-refractivity contribution in [2.75, 3.05) is 0 Å². The van der Waals surface area contributed by atoms with Gasteiger partial charge in [0.05, 0.1) is 0 Å². The van der Waals surface area contributed by atoms with Crippen molar-refractivity contribution in [3.63, 3.8) is 0 Å². The number of rotatable bonds is 2. The van der Waals surface area contributed by atoms with Crippen molar-refractivity contribution in [3.05, 3.63) is 41.2 Å². The van der Waals surface area contributed by atoms with E-state index in [1.165, 1.54) is 12.1 Å². The van der Waals surface area contributed by atoms with Gasteiger partial charge in [0.15, 0.2) is 5.83 Å². The van der Waals surface area contributed by atoms with Gasteiger partial charge in [-0.1, -0.05) is 29.8 Å². The fraction of sp³-hybridized carbons (Fsp3) is 0.100. The second-order valence-electron chi connectivity index (χ2n) is 2.80. The molecule has 0 aliphatic rings. The lowest BCUT2D eigenvalue weighted by Crippen LogP contribution is -1.97. The third kappa shape index (κ3) is 2.16. The van der Waals surface area contributed by atoms with E-state index in [1.807, 2.05) is 0 Å². The Hall–Kier alpha value is -1.71. The number of aliphatic carboxylic acids is 1. The van der Waals surface area contributed by atoms with Gasteiger partial charge >= 0.3 is 5.97 Å². The van der Waals surface area contributed by atoms with Gasteiger partial charge < -0.3 is 5.11 Å². The highest BCUT2D eigenvalue weighted by atomic mass is 19.2. The van der Waals surface area contributed by atoms with Crippen LogP contribution in [-0.4, -0.2) is 11.1 Å². The quantitative estimate of drug-likeness (QED) is 0.742. The van der Waals surface area contributed by atoms with Crippen LogP contribution in [0.2, 0.25) is 0 Å². The third-order valence-electron chi connectivity index (χ3n) is 1.69. The number of aryl methyl sites for hydroxylation is 1. The Kier molecular flexibility index (Phi) is 2.96. The first-order valence-corrected chi connectivity index (χ1v) is 3.88. The van der Waals surface area contributed by atoms with E-state index in [1.54, 1.807) is 19.1 Å². The molecule has 0 saturated carbocycles. The van der Waals surface area contributed by atoms with E-state index >= 15 is 0 Å². The van der Waals surface area contributed by atoms with Gasteiger partial charge in [0.1, 0.15) is 0 Å². The van der Waals surface area contributed by atoms with Crippen molar-refractivity contribution in [1.29, 1.82) is 0 Å². The summed E-state index contributed by atoms with van der Waals surface area (Å²) in [6.07, 6.45) is 0. The molecule has 0 bridgehead atoms. The van der Waals surface area contributed by atoms with Crippen LogP contribution < -0.4 is 0 Å². The van der Waals surface area contributed by atoms with E-state index in [-0.39, 0.29) is 5.56 Å².